The van der Waals surface area contributed by atoms with E-state index in [1.807, 2.05) is 22.8 Å². The maximum absolute atomic E-state index is 13.5. The van der Waals surface area contributed by atoms with Gasteiger partial charge in [0.05, 0.1) is 17.1 Å². The van der Waals surface area contributed by atoms with Crippen molar-refractivity contribution in [2.45, 2.75) is 31.7 Å². The van der Waals surface area contributed by atoms with Crippen LogP contribution in [0.4, 0.5) is 8.78 Å². The lowest BCUT2D eigenvalue weighted by molar-refractivity contribution is 0.0940. The normalized spacial score (nSPS) is 17.9. The molecule has 188 valence electrons. The van der Waals surface area contributed by atoms with Crippen LogP contribution >= 0.6 is 0 Å². The molecule has 0 radical (unpaired) electrons. The van der Waals surface area contributed by atoms with E-state index in [0.717, 1.165) is 65.4 Å². The number of nitrogens with one attached hydrogen (secondary N) is 1. The number of hydrogen-bond acceptors (Lipinski definition) is 4. The van der Waals surface area contributed by atoms with Crippen LogP contribution in [0.1, 0.15) is 42.1 Å². The van der Waals surface area contributed by atoms with E-state index in [-0.39, 0.29) is 17.5 Å². The molecule has 2 aromatic carbocycles. The van der Waals surface area contributed by atoms with Crippen LogP contribution in [0.25, 0.3) is 27.5 Å². The lowest BCUT2D eigenvalue weighted by atomic mass is 9.86. The third kappa shape index (κ3) is 4.52. The summed E-state index contributed by atoms with van der Waals surface area (Å²) in [5.41, 5.74) is 4.07. The Bertz CT molecular complexity index is 1590. The molecule has 2 N–H and O–H groups in total. The molecule has 1 saturated carbocycles. The molecular formula is C28H25F2N5O2. The van der Waals surface area contributed by atoms with Gasteiger partial charge in [0.1, 0.15) is 0 Å². The summed E-state index contributed by atoms with van der Waals surface area (Å²) in [7, 11) is 0. The van der Waals surface area contributed by atoms with Gasteiger partial charge in [-0.05, 0) is 79.1 Å². The number of carbonyl (C=O) groups is 1. The van der Waals surface area contributed by atoms with Gasteiger partial charge in [-0.25, -0.2) is 13.3 Å². The van der Waals surface area contributed by atoms with Crippen molar-refractivity contribution in [3.63, 3.8) is 0 Å². The number of carbonyl (C=O) groups excluding carboxylic acids is 1. The summed E-state index contributed by atoms with van der Waals surface area (Å²) in [4.78, 5) is 12.3. The lowest BCUT2D eigenvalue weighted by Gasteiger charge is -2.28. The Labute approximate surface area is 211 Å². The number of hydrogen-bond donors (Lipinski definition) is 2. The van der Waals surface area contributed by atoms with E-state index in [0.29, 0.717) is 6.54 Å². The number of halogens is 2. The van der Waals surface area contributed by atoms with Crippen LogP contribution < -0.4 is 5.32 Å². The van der Waals surface area contributed by atoms with Gasteiger partial charge in [-0.1, -0.05) is 12.1 Å². The molecule has 0 aliphatic heterocycles. The number of amides is 1. The summed E-state index contributed by atoms with van der Waals surface area (Å²) < 4.78 is 31.0. The van der Waals surface area contributed by atoms with Crippen molar-refractivity contribution in [2.75, 3.05) is 6.54 Å². The van der Waals surface area contributed by atoms with E-state index >= 15 is 0 Å². The van der Waals surface area contributed by atoms with Gasteiger partial charge < -0.3 is 10.4 Å². The van der Waals surface area contributed by atoms with Crippen LogP contribution in [0, 0.1) is 17.6 Å². The molecule has 0 bridgehead atoms. The van der Waals surface area contributed by atoms with E-state index in [4.69, 9.17) is 5.10 Å². The van der Waals surface area contributed by atoms with Crippen LogP contribution in [-0.4, -0.2) is 37.0 Å². The summed E-state index contributed by atoms with van der Waals surface area (Å²) >= 11 is 0. The van der Waals surface area contributed by atoms with E-state index < -0.39 is 23.3 Å². The molecule has 0 atom stereocenters. The number of aromatic hydroxyl groups is 1. The number of phenols is 1. The van der Waals surface area contributed by atoms with Gasteiger partial charge in [0, 0.05) is 36.1 Å². The molecule has 3 aromatic heterocycles. The summed E-state index contributed by atoms with van der Waals surface area (Å²) in [6, 6.07) is 14.4. The standard InChI is InChI=1S/C28H25F2N5O2/c29-24-12-21(13-25(30)27(24)36)28(37)31-15-17-1-5-22(6-2-17)35-16-20-4-3-18(14-26(20)33-35)19-8-10-34-23(11-19)7-9-32-34/h3-4,7-14,16-17,22,36H,1-2,5-6,15H2,(H,31,37). The van der Waals surface area contributed by atoms with Crippen LogP contribution in [-0.2, 0) is 0 Å². The third-order valence-electron chi connectivity index (χ3n) is 7.28. The molecule has 7 nitrogen and oxygen atoms in total. The minimum absolute atomic E-state index is 0.144. The largest absolute Gasteiger partial charge is 0.503 e. The second-order valence-corrected chi connectivity index (χ2v) is 9.67. The van der Waals surface area contributed by atoms with Crippen LogP contribution in [0.5, 0.6) is 5.75 Å². The zero-order valence-corrected chi connectivity index (χ0v) is 19.9. The summed E-state index contributed by atoms with van der Waals surface area (Å²) in [6.07, 6.45) is 9.52. The van der Waals surface area contributed by atoms with Crippen LogP contribution in [0.2, 0.25) is 0 Å². The van der Waals surface area contributed by atoms with Crippen molar-refractivity contribution in [2.24, 2.45) is 5.92 Å². The predicted octanol–water partition coefficient (Wildman–Crippen LogP) is 5.50. The van der Waals surface area contributed by atoms with Crippen molar-refractivity contribution in [1.29, 1.82) is 0 Å². The monoisotopic (exact) mass is 501 g/mol. The number of phenolic OH excluding ortho intramolecular Hbond substituents is 1. The number of nitrogens with zero attached hydrogens (tertiary/aromatic N) is 4. The third-order valence-corrected chi connectivity index (χ3v) is 7.28. The highest BCUT2D eigenvalue weighted by molar-refractivity contribution is 5.94. The first-order valence-electron chi connectivity index (χ1n) is 12.3. The lowest BCUT2D eigenvalue weighted by Crippen LogP contribution is -2.31. The van der Waals surface area contributed by atoms with E-state index in [1.54, 1.807) is 6.20 Å². The predicted molar refractivity (Wildman–Crippen MR) is 135 cm³/mol. The Morgan fingerprint density at radius 2 is 1.76 bits per heavy atom. The first-order chi connectivity index (χ1) is 17.9. The molecule has 1 aliphatic carbocycles. The number of aromatic nitrogens is 4. The number of fused-ring (bicyclic) bond motifs is 2. The van der Waals surface area contributed by atoms with Crippen molar-refractivity contribution in [3.8, 4) is 16.9 Å². The average molecular weight is 502 g/mol. The van der Waals surface area contributed by atoms with Gasteiger partial charge in [-0.2, -0.15) is 10.2 Å². The van der Waals surface area contributed by atoms with Gasteiger partial charge in [0.25, 0.3) is 5.91 Å². The van der Waals surface area contributed by atoms with E-state index in [1.165, 1.54) is 0 Å². The molecular weight excluding hydrogens is 476 g/mol. The van der Waals surface area contributed by atoms with Crippen molar-refractivity contribution < 1.29 is 18.7 Å². The number of rotatable bonds is 5. The molecule has 6 rings (SSSR count). The molecule has 1 fully saturated rings. The fourth-order valence-electron chi connectivity index (χ4n) is 5.15. The molecule has 0 spiro atoms. The molecule has 5 aromatic rings. The van der Waals surface area contributed by atoms with Gasteiger partial charge in [0.15, 0.2) is 17.4 Å². The molecule has 9 heteroatoms. The highest BCUT2D eigenvalue weighted by Gasteiger charge is 2.24. The second-order valence-electron chi connectivity index (χ2n) is 9.67. The summed E-state index contributed by atoms with van der Waals surface area (Å²) in [5, 5.41) is 22.2. The fraction of sp³-hybridized carbons (Fsp3) is 0.250. The van der Waals surface area contributed by atoms with Crippen LogP contribution in [0.3, 0.4) is 0 Å². The molecule has 3 heterocycles. The minimum atomic E-state index is -1.15. The van der Waals surface area contributed by atoms with Gasteiger partial charge in [-0.15, -0.1) is 0 Å². The Hall–Kier alpha value is -4.27. The molecule has 37 heavy (non-hydrogen) atoms. The van der Waals surface area contributed by atoms with E-state index in [2.05, 4.69) is 45.6 Å². The molecule has 1 amide bonds. The highest BCUT2D eigenvalue weighted by atomic mass is 19.1. The van der Waals surface area contributed by atoms with E-state index in [9.17, 15) is 18.7 Å². The van der Waals surface area contributed by atoms with Crippen LogP contribution in [0.15, 0.2) is 67.1 Å². The zero-order chi connectivity index (χ0) is 25.5. The SMILES string of the molecule is O=C(NCC1CCC(n2cc3ccc(-c4ccn5nccc5c4)cc3n2)CC1)c1cc(F)c(O)c(F)c1. The zero-order valence-electron chi connectivity index (χ0n) is 19.9. The number of pyridine rings is 1. The Kier molecular flexibility index (Phi) is 5.82. The number of benzene rings is 2. The average Bonchev–Trinajstić information content (AvgIpc) is 3.56. The maximum atomic E-state index is 13.5. The molecule has 0 unspecified atom stereocenters. The highest BCUT2D eigenvalue weighted by Crippen LogP contribution is 2.33. The Morgan fingerprint density at radius 1 is 1.00 bits per heavy atom. The quantitative estimate of drug-likeness (QED) is 0.333. The smallest absolute Gasteiger partial charge is 0.251 e. The van der Waals surface area contributed by atoms with Crippen molar-refractivity contribution >= 4 is 22.3 Å². The minimum Gasteiger partial charge on any atom is -0.503 e. The van der Waals surface area contributed by atoms with Crippen molar-refractivity contribution in [3.05, 3.63) is 84.3 Å². The summed E-state index contributed by atoms with van der Waals surface area (Å²) in [5.74, 6) is -3.65. The van der Waals surface area contributed by atoms with Gasteiger partial charge in [-0.3, -0.25) is 9.48 Å². The van der Waals surface area contributed by atoms with Crippen molar-refractivity contribution in [1.82, 2.24) is 24.7 Å². The molecule has 1 aliphatic rings. The second kappa shape index (κ2) is 9.31. The Morgan fingerprint density at radius 3 is 2.54 bits per heavy atom. The first-order valence-corrected chi connectivity index (χ1v) is 12.3. The Balaban J connectivity index is 1.08. The van der Waals surface area contributed by atoms with Gasteiger partial charge >= 0.3 is 0 Å². The molecule has 0 saturated heterocycles. The van der Waals surface area contributed by atoms with Gasteiger partial charge in [0.2, 0.25) is 0 Å². The summed E-state index contributed by atoms with van der Waals surface area (Å²) in [6.45, 7) is 0.432. The fourth-order valence-corrected chi connectivity index (χ4v) is 5.15. The topological polar surface area (TPSA) is 84.5 Å². The maximum Gasteiger partial charge on any atom is 0.251 e. The first kappa shape index (κ1) is 23.1.